The van der Waals surface area contributed by atoms with Crippen LogP contribution in [0.25, 0.3) is 0 Å². The summed E-state index contributed by atoms with van der Waals surface area (Å²) < 4.78 is 19.1. The van der Waals surface area contributed by atoms with Crippen molar-refractivity contribution in [2.45, 2.75) is 74.2 Å². The van der Waals surface area contributed by atoms with Crippen molar-refractivity contribution in [3.63, 3.8) is 0 Å². The third-order valence-corrected chi connectivity index (χ3v) is 9.02. The van der Waals surface area contributed by atoms with Gasteiger partial charge in [-0.05, 0) is 12.0 Å². The van der Waals surface area contributed by atoms with E-state index in [4.69, 9.17) is 30.3 Å². The number of nitrogens with zero attached hydrogens (tertiary/aromatic N) is 4. The molecule has 2 aliphatic rings. The zero-order chi connectivity index (χ0) is 32.0. The minimum atomic E-state index is -1.15. The van der Waals surface area contributed by atoms with Gasteiger partial charge in [-0.15, -0.1) is 0 Å². The van der Waals surface area contributed by atoms with Gasteiger partial charge in [-0.2, -0.15) is 21.7 Å². The van der Waals surface area contributed by atoms with Crippen LogP contribution in [-0.2, 0) is 26.0 Å². The molecule has 0 aliphatic carbocycles. The van der Waals surface area contributed by atoms with Crippen molar-refractivity contribution >= 4 is 35.4 Å². The van der Waals surface area contributed by atoms with Gasteiger partial charge >= 0.3 is 11.4 Å². The first-order valence-electron chi connectivity index (χ1n) is 13.6. The number of thioether (sulfide) groups is 1. The Hall–Kier alpha value is -2.34. The Balaban J connectivity index is 1.19. The first-order chi connectivity index (χ1) is 21.0. The first kappa shape index (κ1) is 34.5. The molecule has 11 N–H and O–H groups in total. The highest BCUT2D eigenvalue weighted by Gasteiger charge is 2.37. The molecule has 18 nitrogen and oxygen atoms in total. The lowest BCUT2D eigenvalue weighted by molar-refractivity contribution is -0.0459. The van der Waals surface area contributed by atoms with E-state index in [-0.39, 0.29) is 54.9 Å². The highest BCUT2D eigenvalue weighted by Crippen LogP contribution is 2.30. The van der Waals surface area contributed by atoms with Gasteiger partial charge in [0.05, 0.1) is 44.2 Å². The highest BCUT2D eigenvalue weighted by atomic mass is 32.2. The first-order valence-corrected chi connectivity index (χ1v) is 15.7. The Labute approximate surface area is 259 Å². The summed E-state index contributed by atoms with van der Waals surface area (Å²) >= 11 is 2.12. The van der Waals surface area contributed by atoms with Gasteiger partial charge in [-0.3, -0.25) is 9.13 Å². The fraction of sp³-hybridized carbons (Fsp3) is 0.667. The minimum absolute atomic E-state index is 0.00805. The molecule has 8 atom stereocenters. The number of nitrogens with one attached hydrogen (secondary N) is 1. The summed E-state index contributed by atoms with van der Waals surface area (Å²) in [6, 6.07) is 0. The molecule has 4 rings (SSSR count). The molecule has 0 aromatic carbocycles. The van der Waals surface area contributed by atoms with Gasteiger partial charge in [0.15, 0.2) is 0 Å². The molecule has 246 valence electrons. The van der Waals surface area contributed by atoms with Crippen LogP contribution >= 0.6 is 23.8 Å². The standard InChI is InChI=1S/C24H37N7O11S2/c25-21-11(3-27-39)4-30(23(37)28-21)20-2-14(34)18(42-20)7-40-44-10-16(36)15(35)9-43-8-12-5-31(24(38)29-22(12)26)19-1-13(33)17(6-32)41-19/h4-5,13-20,27,32-36,39H,1-3,6-10H2,(H2,25,28,37)(H2,26,29,38)/t13-,14-,15?,16?,17+,18+,19+,20+/m0/s1. The van der Waals surface area contributed by atoms with E-state index in [1.54, 1.807) is 0 Å². The summed E-state index contributed by atoms with van der Waals surface area (Å²) in [4.78, 5) is 32.1. The van der Waals surface area contributed by atoms with Crippen LogP contribution in [-0.4, -0.2) is 111 Å². The average molecular weight is 664 g/mol. The van der Waals surface area contributed by atoms with Gasteiger partial charge in [0, 0.05) is 53.6 Å². The molecular weight excluding hydrogens is 626 g/mol. The Morgan fingerprint density at radius 3 is 2.09 bits per heavy atom. The molecule has 20 heteroatoms. The van der Waals surface area contributed by atoms with E-state index < -0.39 is 67.1 Å². The number of hydroxylamine groups is 1. The van der Waals surface area contributed by atoms with E-state index in [1.165, 1.54) is 33.3 Å². The number of anilines is 2. The molecule has 2 aromatic heterocycles. The summed E-state index contributed by atoms with van der Waals surface area (Å²) in [5.74, 6) is 0.356. The zero-order valence-electron chi connectivity index (χ0n) is 23.4. The molecule has 2 aliphatic heterocycles. The summed E-state index contributed by atoms with van der Waals surface area (Å²) in [5, 5.41) is 59.4. The monoisotopic (exact) mass is 663 g/mol. The van der Waals surface area contributed by atoms with Crippen molar-refractivity contribution in [3.8, 4) is 0 Å². The topological polar surface area (TPSA) is 283 Å². The molecule has 0 bridgehead atoms. The summed E-state index contributed by atoms with van der Waals surface area (Å²) in [7, 11) is 0. The number of hydrogen-bond acceptors (Lipinski definition) is 18. The maximum Gasteiger partial charge on any atom is 0.351 e. The second-order valence-corrected chi connectivity index (χ2v) is 12.1. The predicted molar refractivity (Wildman–Crippen MR) is 157 cm³/mol. The minimum Gasteiger partial charge on any atom is -0.394 e. The van der Waals surface area contributed by atoms with Gasteiger partial charge in [0.1, 0.15) is 36.3 Å². The third-order valence-electron chi connectivity index (χ3n) is 7.14. The lowest BCUT2D eigenvalue weighted by atomic mass is 10.2. The number of aromatic nitrogens is 4. The molecule has 44 heavy (non-hydrogen) atoms. The van der Waals surface area contributed by atoms with Crippen LogP contribution in [0.5, 0.6) is 0 Å². The van der Waals surface area contributed by atoms with Crippen LogP contribution in [0.1, 0.15) is 36.4 Å². The number of aliphatic hydroxyl groups is 5. The van der Waals surface area contributed by atoms with E-state index in [0.29, 0.717) is 11.1 Å². The third kappa shape index (κ3) is 8.47. The van der Waals surface area contributed by atoms with Gasteiger partial charge in [0.25, 0.3) is 0 Å². The lowest BCUT2D eigenvalue weighted by Gasteiger charge is -2.19. The van der Waals surface area contributed by atoms with E-state index >= 15 is 0 Å². The van der Waals surface area contributed by atoms with Crippen molar-refractivity contribution in [3.05, 3.63) is 44.5 Å². The van der Waals surface area contributed by atoms with Crippen molar-refractivity contribution in [1.29, 1.82) is 0 Å². The Morgan fingerprint density at radius 2 is 1.50 bits per heavy atom. The van der Waals surface area contributed by atoms with E-state index in [1.807, 2.05) is 5.48 Å². The smallest absolute Gasteiger partial charge is 0.351 e. The highest BCUT2D eigenvalue weighted by molar-refractivity contribution is 7.98. The Kier molecular flexibility index (Phi) is 12.4. The van der Waals surface area contributed by atoms with Gasteiger partial charge in [-0.25, -0.2) is 15.1 Å². The molecule has 0 saturated carbocycles. The second kappa shape index (κ2) is 15.8. The van der Waals surface area contributed by atoms with Crippen LogP contribution in [0.15, 0.2) is 22.0 Å². The van der Waals surface area contributed by atoms with Crippen molar-refractivity contribution in [2.24, 2.45) is 0 Å². The molecule has 2 unspecified atom stereocenters. The fourth-order valence-electron chi connectivity index (χ4n) is 4.62. The average Bonchev–Trinajstić information content (AvgIpc) is 3.54. The molecule has 0 amide bonds. The molecule has 0 spiro atoms. The zero-order valence-corrected chi connectivity index (χ0v) is 25.0. The van der Waals surface area contributed by atoms with Crippen LogP contribution in [0.4, 0.5) is 11.6 Å². The van der Waals surface area contributed by atoms with Crippen molar-refractivity contribution in [1.82, 2.24) is 24.6 Å². The number of nitrogen functional groups attached to an aromatic ring is 2. The maximum atomic E-state index is 12.3. The van der Waals surface area contributed by atoms with E-state index in [9.17, 15) is 35.1 Å². The van der Waals surface area contributed by atoms with E-state index in [2.05, 4.69) is 9.97 Å². The normalized spacial score (nSPS) is 26.7. The summed E-state index contributed by atoms with van der Waals surface area (Å²) in [6.07, 6.45) is -4.33. The predicted octanol–water partition coefficient (Wildman–Crippen LogP) is -2.95. The fourth-order valence-corrected chi connectivity index (χ4v) is 6.33. The number of aliphatic hydroxyl groups excluding tert-OH is 5. The van der Waals surface area contributed by atoms with Gasteiger partial charge in [0.2, 0.25) is 0 Å². The number of hydrogen-bond donors (Lipinski definition) is 9. The van der Waals surface area contributed by atoms with Crippen LogP contribution < -0.4 is 28.3 Å². The van der Waals surface area contributed by atoms with Crippen LogP contribution in [0.3, 0.4) is 0 Å². The van der Waals surface area contributed by atoms with Crippen LogP contribution in [0.2, 0.25) is 0 Å². The molecule has 2 fully saturated rings. The lowest BCUT2D eigenvalue weighted by Crippen LogP contribution is -2.31. The number of ether oxygens (including phenoxy) is 2. The largest absolute Gasteiger partial charge is 0.394 e. The SMILES string of the molecule is Nc1nc(=O)n([C@H]2C[C@H](O)[C@@H](CO)O2)cc1CSCC(O)C(O)CSOC[C@H]1O[C@@H](n2cc(CNO)c(N)nc2=O)C[C@@H]1O. The van der Waals surface area contributed by atoms with Gasteiger partial charge in [-0.1, -0.05) is 0 Å². The summed E-state index contributed by atoms with van der Waals surface area (Å²) in [6.45, 7) is -0.503. The maximum absolute atomic E-state index is 12.3. The Morgan fingerprint density at radius 1 is 0.955 bits per heavy atom. The van der Waals surface area contributed by atoms with Crippen molar-refractivity contribution in [2.75, 3.05) is 36.2 Å². The van der Waals surface area contributed by atoms with E-state index in [0.717, 1.165) is 12.0 Å². The molecule has 2 saturated heterocycles. The van der Waals surface area contributed by atoms with Crippen molar-refractivity contribution < 1.29 is 44.4 Å². The molecule has 4 heterocycles. The van der Waals surface area contributed by atoms with Gasteiger partial charge < -0.3 is 55.9 Å². The summed E-state index contributed by atoms with van der Waals surface area (Å²) in [5.41, 5.74) is 13.1. The second-order valence-electron chi connectivity index (χ2n) is 10.3. The molecule has 0 radical (unpaired) electrons. The number of nitrogens with two attached hydrogens (primary N) is 2. The quantitative estimate of drug-likeness (QED) is 0.0523. The van der Waals surface area contributed by atoms with Crippen LogP contribution in [0, 0.1) is 0 Å². The number of rotatable bonds is 15. The molecular formula is C24H37N7O11S2. The molecule has 2 aromatic rings. The Bertz CT molecular complexity index is 1370.